The van der Waals surface area contributed by atoms with E-state index in [2.05, 4.69) is 10.1 Å². The molecule has 4 nitrogen and oxygen atoms in total. The van der Waals surface area contributed by atoms with E-state index in [1.54, 1.807) is 7.05 Å². The molecule has 0 unspecified atom stereocenters. The van der Waals surface area contributed by atoms with E-state index in [0.717, 1.165) is 0 Å². The van der Waals surface area contributed by atoms with Crippen LogP contribution in [0.3, 0.4) is 0 Å². The standard InChI is InChI=1S/C6H13NO3.ClH/c1-4(8)5(7-2)6(9)10-3;/h4-5,7-8H,1-3H3;1H/t4-,5-;/m1./s1. The van der Waals surface area contributed by atoms with Crippen molar-refractivity contribution in [2.75, 3.05) is 14.2 Å². The summed E-state index contributed by atoms with van der Waals surface area (Å²) >= 11 is 0. The Balaban J connectivity index is 0. The maximum absolute atomic E-state index is 10.7. The number of aliphatic hydroxyl groups is 1. The van der Waals surface area contributed by atoms with E-state index in [1.807, 2.05) is 0 Å². The number of hydrogen-bond acceptors (Lipinski definition) is 4. The van der Waals surface area contributed by atoms with Gasteiger partial charge in [0.1, 0.15) is 6.04 Å². The molecule has 68 valence electrons. The first-order valence-corrected chi connectivity index (χ1v) is 3.06. The zero-order chi connectivity index (χ0) is 8.15. The minimum Gasteiger partial charge on any atom is -0.468 e. The number of esters is 1. The molecule has 2 N–H and O–H groups in total. The summed E-state index contributed by atoms with van der Waals surface area (Å²) in [7, 11) is 2.88. The van der Waals surface area contributed by atoms with Crippen LogP contribution in [0.15, 0.2) is 0 Å². The highest BCUT2D eigenvalue weighted by Crippen LogP contribution is 1.93. The molecule has 11 heavy (non-hydrogen) atoms. The van der Waals surface area contributed by atoms with Gasteiger partial charge in [0.15, 0.2) is 0 Å². The molecule has 0 bridgehead atoms. The normalized spacial score (nSPS) is 14.5. The molecule has 2 atom stereocenters. The highest BCUT2D eigenvalue weighted by molar-refractivity contribution is 5.85. The third kappa shape index (κ3) is 4.19. The number of nitrogens with one attached hydrogen (secondary N) is 1. The van der Waals surface area contributed by atoms with Gasteiger partial charge in [0.2, 0.25) is 0 Å². The van der Waals surface area contributed by atoms with Crippen LogP contribution in [0.5, 0.6) is 0 Å². The van der Waals surface area contributed by atoms with E-state index in [0.29, 0.717) is 0 Å². The summed E-state index contributed by atoms with van der Waals surface area (Å²) in [5, 5.41) is 11.6. The second kappa shape index (κ2) is 6.39. The van der Waals surface area contributed by atoms with Crippen LogP contribution in [0.4, 0.5) is 0 Å². The number of aliphatic hydroxyl groups excluding tert-OH is 1. The van der Waals surface area contributed by atoms with Crippen LogP contribution >= 0.6 is 12.4 Å². The molecule has 0 aliphatic carbocycles. The molecule has 5 heteroatoms. The minimum atomic E-state index is -0.725. The molecule has 0 rings (SSSR count). The molecule has 0 spiro atoms. The number of rotatable bonds is 3. The maximum atomic E-state index is 10.7. The molecule has 0 aliphatic heterocycles. The summed E-state index contributed by atoms with van der Waals surface area (Å²) in [6, 6.07) is -0.620. The lowest BCUT2D eigenvalue weighted by Gasteiger charge is -2.15. The van der Waals surface area contributed by atoms with Crippen LogP contribution in [0.1, 0.15) is 6.92 Å². The third-order valence-corrected chi connectivity index (χ3v) is 1.25. The monoisotopic (exact) mass is 183 g/mol. The van der Waals surface area contributed by atoms with E-state index < -0.39 is 18.1 Å². The molecular formula is C6H14ClNO3. The van der Waals surface area contributed by atoms with E-state index in [4.69, 9.17) is 5.11 Å². The van der Waals surface area contributed by atoms with Crippen LogP contribution in [0.25, 0.3) is 0 Å². The molecule has 0 aromatic heterocycles. The smallest absolute Gasteiger partial charge is 0.325 e. The van der Waals surface area contributed by atoms with Crippen molar-refractivity contribution in [2.45, 2.75) is 19.1 Å². The Hall–Kier alpha value is -0.320. The average molecular weight is 184 g/mol. The van der Waals surface area contributed by atoms with Gasteiger partial charge in [-0.2, -0.15) is 0 Å². The number of carbonyl (C=O) groups excluding carboxylic acids is 1. The first kappa shape index (κ1) is 13.3. The molecule has 0 saturated heterocycles. The summed E-state index contributed by atoms with van der Waals surface area (Å²) < 4.78 is 4.40. The van der Waals surface area contributed by atoms with Gasteiger partial charge in [-0.3, -0.25) is 4.79 Å². The number of ether oxygens (including phenoxy) is 1. The Labute approximate surface area is 72.3 Å². The molecule has 0 fully saturated rings. The van der Waals surface area contributed by atoms with E-state index >= 15 is 0 Å². The van der Waals surface area contributed by atoms with Gasteiger partial charge in [0, 0.05) is 0 Å². The van der Waals surface area contributed by atoms with Crippen molar-refractivity contribution in [1.82, 2.24) is 5.32 Å². The molecule has 0 amide bonds. The van der Waals surface area contributed by atoms with Gasteiger partial charge in [-0.25, -0.2) is 0 Å². The van der Waals surface area contributed by atoms with Crippen molar-refractivity contribution in [2.24, 2.45) is 0 Å². The van der Waals surface area contributed by atoms with Crippen molar-refractivity contribution >= 4 is 18.4 Å². The van der Waals surface area contributed by atoms with Crippen LogP contribution in [-0.2, 0) is 9.53 Å². The SMILES string of the molecule is CN[C@@H](C(=O)OC)[C@@H](C)O.Cl. The average Bonchev–Trinajstić information content (AvgIpc) is 1.88. The fourth-order valence-corrected chi connectivity index (χ4v) is 0.683. The van der Waals surface area contributed by atoms with Gasteiger partial charge >= 0.3 is 5.97 Å². The van der Waals surface area contributed by atoms with Gasteiger partial charge in [0.25, 0.3) is 0 Å². The number of halogens is 1. The lowest BCUT2D eigenvalue weighted by atomic mass is 10.2. The first-order valence-electron chi connectivity index (χ1n) is 3.06. The van der Waals surface area contributed by atoms with Crippen molar-refractivity contribution in [1.29, 1.82) is 0 Å². The summed E-state index contributed by atoms with van der Waals surface area (Å²) in [5.74, 6) is -0.447. The second-order valence-corrected chi connectivity index (χ2v) is 2.03. The molecule has 0 aromatic carbocycles. The van der Waals surface area contributed by atoms with Gasteiger partial charge < -0.3 is 15.2 Å². The van der Waals surface area contributed by atoms with Gasteiger partial charge in [-0.05, 0) is 14.0 Å². The Kier molecular flexibility index (Phi) is 7.72. The Morgan fingerprint density at radius 1 is 1.64 bits per heavy atom. The van der Waals surface area contributed by atoms with Crippen molar-refractivity contribution < 1.29 is 14.6 Å². The first-order chi connectivity index (χ1) is 4.63. The van der Waals surface area contributed by atoms with Crippen LogP contribution in [0, 0.1) is 0 Å². The predicted octanol–water partition coefficient (Wildman–Crippen LogP) is -0.450. The molecule has 0 radical (unpaired) electrons. The van der Waals surface area contributed by atoms with Gasteiger partial charge in [-0.15, -0.1) is 12.4 Å². The number of carbonyl (C=O) groups is 1. The number of methoxy groups -OCH3 is 1. The van der Waals surface area contributed by atoms with E-state index in [1.165, 1.54) is 14.0 Å². The minimum absolute atomic E-state index is 0. The number of likely N-dealkylation sites (N-methyl/N-ethyl adjacent to an activating group) is 1. The highest BCUT2D eigenvalue weighted by Gasteiger charge is 2.21. The molecule has 0 aliphatic rings. The van der Waals surface area contributed by atoms with Crippen LogP contribution < -0.4 is 5.32 Å². The number of hydrogen-bond donors (Lipinski definition) is 2. The summed E-state index contributed by atoms with van der Waals surface area (Å²) in [5.41, 5.74) is 0. The summed E-state index contributed by atoms with van der Waals surface area (Å²) in [4.78, 5) is 10.7. The van der Waals surface area contributed by atoms with E-state index in [9.17, 15) is 4.79 Å². The maximum Gasteiger partial charge on any atom is 0.325 e. The van der Waals surface area contributed by atoms with Gasteiger partial charge in [-0.1, -0.05) is 0 Å². The van der Waals surface area contributed by atoms with Crippen molar-refractivity contribution in [3.05, 3.63) is 0 Å². The Bertz CT molecular complexity index is 118. The quantitative estimate of drug-likeness (QED) is 0.582. The van der Waals surface area contributed by atoms with Gasteiger partial charge in [0.05, 0.1) is 13.2 Å². The fourth-order valence-electron chi connectivity index (χ4n) is 0.683. The molecule has 0 heterocycles. The zero-order valence-electron chi connectivity index (χ0n) is 6.83. The Morgan fingerprint density at radius 2 is 2.09 bits per heavy atom. The lowest BCUT2D eigenvalue weighted by molar-refractivity contribution is -0.145. The van der Waals surface area contributed by atoms with Crippen molar-refractivity contribution in [3.8, 4) is 0 Å². The molecular weight excluding hydrogens is 170 g/mol. The lowest BCUT2D eigenvalue weighted by Crippen LogP contribution is -2.43. The third-order valence-electron chi connectivity index (χ3n) is 1.25. The van der Waals surface area contributed by atoms with Crippen LogP contribution in [0.2, 0.25) is 0 Å². The predicted molar refractivity (Wildman–Crippen MR) is 43.8 cm³/mol. The molecule has 0 aromatic rings. The van der Waals surface area contributed by atoms with E-state index in [-0.39, 0.29) is 12.4 Å². The largest absolute Gasteiger partial charge is 0.468 e. The highest BCUT2D eigenvalue weighted by atomic mass is 35.5. The Morgan fingerprint density at radius 3 is 2.18 bits per heavy atom. The molecule has 0 saturated carbocycles. The second-order valence-electron chi connectivity index (χ2n) is 2.03. The van der Waals surface area contributed by atoms with Crippen molar-refractivity contribution in [3.63, 3.8) is 0 Å². The summed E-state index contributed by atoms with van der Waals surface area (Å²) in [6.45, 7) is 1.53. The zero-order valence-corrected chi connectivity index (χ0v) is 7.64. The summed E-state index contributed by atoms with van der Waals surface area (Å²) in [6.07, 6.45) is -0.725. The fraction of sp³-hybridized carbons (Fsp3) is 0.833. The topological polar surface area (TPSA) is 58.6 Å². The van der Waals surface area contributed by atoms with Crippen LogP contribution in [-0.4, -0.2) is 37.4 Å².